The van der Waals surface area contributed by atoms with Gasteiger partial charge in [0, 0.05) is 30.8 Å². The first-order valence-electron chi connectivity index (χ1n) is 5.89. The summed E-state index contributed by atoms with van der Waals surface area (Å²) in [5, 5.41) is 10.9. The Hall–Kier alpha value is -1.17. The molecule has 2 N–H and O–H groups in total. The molecule has 0 saturated carbocycles. The number of halogens is 1. The lowest BCUT2D eigenvalue weighted by Gasteiger charge is -2.22. The normalized spacial score (nSPS) is 19.5. The van der Waals surface area contributed by atoms with Gasteiger partial charge < -0.3 is 5.73 Å². The van der Waals surface area contributed by atoms with Crippen LogP contribution in [-0.2, 0) is 6.54 Å². The Balaban J connectivity index is 0.00000162. The van der Waals surface area contributed by atoms with Crippen molar-refractivity contribution in [3.8, 4) is 0 Å². The van der Waals surface area contributed by atoms with Gasteiger partial charge in [0.1, 0.15) is 0 Å². The van der Waals surface area contributed by atoms with Crippen LogP contribution >= 0.6 is 12.4 Å². The lowest BCUT2D eigenvalue weighted by atomic mass is 10.1. The lowest BCUT2D eigenvalue weighted by molar-refractivity contribution is -0.385. The number of benzene rings is 1. The van der Waals surface area contributed by atoms with Crippen LogP contribution < -0.4 is 5.73 Å². The first-order chi connectivity index (χ1) is 8.22. The molecule has 1 saturated heterocycles. The fourth-order valence-electron chi connectivity index (χ4n) is 2.41. The average Bonchev–Trinajstić information content (AvgIpc) is 2.77. The second kappa shape index (κ2) is 6.68. The zero-order valence-corrected chi connectivity index (χ0v) is 10.9. The van der Waals surface area contributed by atoms with E-state index in [-0.39, 0.29) is 23.0 Å². The van der Waals surface area contributed by atoms with Crippen LogP contribution in [0, 0.1) is 10.1 Å². The van der Waals surface area contributed by atoms with Crippen LogP contribution in [0.15, 0.2) is 24.3 Å². The third-order valence-electron chi connectivity index (χ3n) is 3.33. The average molecular weight is 272 g/mol. The van der Waals surface area contributed by atoms with Gasteiger partial charge in [0.15, 0.2) is 0 Å². The van der Waals surface area contributed by atoms with Gasteiger partial charge in [0.2, 0.25) is 0 Å². The van der Waals surface area contributed by atoms with Gasteiger partial charge in [0.25, 0.3) is 5.69 Å². The van der Waals surface area contributed by atoms with Crippen LogP contribution in [0.3, 0.4) is 0 Å². The van der Waals surface area contributed by atoms with E-state index in [9.17, 15) is 10.1 Å². The van der Waals surface area contributed by atoms with Crippen molar-refractivity contribution in [2.24, 2.45) is 5.73 Å². The van der Waals surface area contributed by atoms with E-state index in [0.717, 1.165) is 24.9 Å². The highest BCUT2D eigenvalue weighted by atomic mass is 35.5. The van der Waals surface area contributed by atoms with Crippen LogP contribution in [-0.4, -0.2) is 29.0 Å². The summed E-state index contributed by atoms with van der Waals surface area (Å²) in [7, 11) is 0. The standard InChI is InChI=1S/C12H17N3O2.ClH/c13-8-11-5-3-7-14(11)9-10-4-1-2-6-12(10)15(16)17;/h1-2,4,6,11H,3,5,7-9,13H2;1H. The van der Waals surface area contributed by atoms with Crippen molar-refractivity contribution in [2.75, 3.05) is 13.1 Å². The second-order valence-corrected chi connectivity index (χ2v) is 4.39. The summed E-state index contributed by atoms with van der Waals surface area (Å²) < 4.78 is 0. The fraction of sp³-hybridized carbons (Fsp3) is 0.500. The van der Waals surface area contributed by atoms with E-state index < -0.39 is 0 Å². The molecule has 1 heterocycles. The van der Waals surface area contributed by atoms with Crippen LogP contribution in [0.25, 0.3) is 0 Å². The van der Waals surface area contributed by atoms with Gasteiger partial charge in [-0.05, 0) is 19.4 Å². The van der Waals surface area contributed by atoms with Crippen LogP contribution in [0.5, 0.6) is 0 Å². The zero-order valence-electron chi connectivity index (χ0n) is 10.1. The number of hydrogen-bond donors (Lipinski definition) is 1. The Morgan fingerprint density at radius 2 is 2.17 bits per heavy atom. The summed E-state index contributed by atoms with van der Waals surface area (Å²) in [4.78, 5) is 12.8. The number of hydrogen-bond acceptors (Lipinski definition) is 4. The van der Waals surface area contributed by atoms with Crippen molar-refractivity contribution in [1.82, 2.24) is 4.90 Å². The predicted octanol–water partition coefficient (Wildman–Crippen LogP) is 1.94. The Morgan fingerprint density at radius 1 is 1.44 bits per heavy atom. The Kier molecular flexibility index (Phi) is 5.53. The maximum absolute atomic E-state index is 10.9. The topological polar surface area (TPSA) is 72.4 Å². The molecular weight excluding hydrogens is 254 g/mol. The highest BCUT2D eigenvalue weighted by molar-refractivity contribution is 5.85. The molecular formula is C12H18ClN3O2. The van der Waals surface area contributed by atoms with Gasteiger partial charge in [-0.2, -0.15) is 0 Å². The number of nitro groups is 1. The summed E-state index contributed by atoms with van der Waals surface area (Å²) in [6.45, 7) is 2.23. The van der Waals surface area contributed by atoms with E-state index in [1.54, 1.807) is 12.1 Å². The molecule has 1 aliphatic heterocycles. The molecule has 0 radical (unpaired) electrons. The number of rotatable bonds is 4. The van der Waals surface area contributed by atoms with Crippen molar-refractivity contribution in [2.45, 2.75) is 25.4 Å². The minimum absolute atomic E-state index is 0. The van der Waals surface area contributed by atoms with Gasteiger partial charge in [-0.15, -0.1) is 12.4 Å². The molecule has 0 bridgehead atoms. The van der Waals surface area contributed by atoms with E-state index in [0.29, 0.717) is 19.1 Å². The zero-order chi connectivity index (χ0) is 12.3. The number of nitro benzene ring substituents is 1. The highest BCUT2D eigenvalue weighted by Crippen LogP contribution is 2.24. The molecule has 0 aromatic heterocycles. The molecule has 18 heavy (non-hydrogen) atoms. The first-order valence-corrected chi connectivity index (χ1v) is 5.89. The molecule has 0 aliphatic carbocycles. The number of nitrogens with zero attached hydrogens (tertiary/aromatic N) is 2. The maximum Gasteiger partial charge on any atom is 0.273 e. The molecule has 1 unspecified atom stereocenters. The van der Waals surface area contributed by atoms with E-state index in [2.05, 4.69) is 4.90 Å². The number of para-hydroxylation sites is 1. The number of nitrogens with two attached hydrogens (primary N) is 1. The van der Waals surface area contributed by atoms with Crippen molar-refractivity contribution in [3.05, 3.63) is 39.9 Å². The minimum atomic E-state index is -0.317. The van der Waals surface area contributed by atoms with Crippen LogP contribution in [0.4, 0.5) is 5.69 Å². The van der Waals surface area contributed by atoms with Crippen molar-refractivity contribution < 1.29 is 4.92 Å². The molecule has 1 aliphatic rings. The van der Waals surface area contributed by atoms with Gasteiger partial charge in [-0.1, -0.05) is 18.2 Å². The Morgan fingerprint density at radius 3 is 2.83 bits per heavy atom. The molecule has 1 atom stereocenters. The Labute approximate surface area is 113 Å². The summed E-state index contributed by atoms with van der Waals surface area (Å²) in [5.74, 6) is 0. The monoisotopic (exact) mass is 271 g/mol. The molecule has 0 amide bonds. The summed E-state index contributed by atoms with van der Waals surface area (Å²) >= 11 is 0. The number of likely N-dealkylation sites (tertiary alicyclic amines) is 1. The third-order valence-corrected chi connectivity index (χ3v) is 3.33. The van der Waals surface area contributed by atoms with Gasteiger partial charge >= 0.3 is 0 Å². The summed E-state index contributed by atoms with van der Waals surface area (Å²) in [6.07, 6.45) is 2.22. The van der Waals surface area contributed by atoms with E-state index in [4.69, 9.17) is 5.73 Å². The molecule has 1 aromatic rings. The molecule has 0 spiro atoms. The third kappa shape index (κ3) is 3.19. The molecule has 1 fully saturated rings. The predicted molar refractivity (Wildman–Crippen MR) is 72.8 cm³/mol. The summed E-state index contributed by atoms with van der Waals surface area (Å²) in [6, 6.07) is 7.30. The lowest BCUT2D eigenvalue weighted by Crippen LogP contribution is -2.34. The van der Waals surface area contributed by atoms with Gasteiger partial charge in [-0.25, -0.2) is 0 Å². The van der Waals surface area contributed by atoms with E-state index in [1.165, 1.54) is 0 Å². The summed E-state index contributed by atoms with van der Waals surface area (Å²) in [5.41, 5.74) is 6.68. The molecule has 100 valence electrons. The van der Waals surface area contributed by atoms with Crippen LogP contribution in [0.2, 0.25) is 0 Å². The highest BCUT2D eigenvalue weighted by Gasteiger charge is 2.25. The SMILES string of the molecule is Cl.NCC1CCCN1Cc1ccccc1[N+](=O)[O-]. The second-order valence-electron chi connectivity index (χ2n) is 4.39. The quantitative estimate of drug-likeness (QED) is 0.671. The van der Waals surface area contributed by atoms with Gasteiger partial charge in [-0.3, -0.25) is 15.0 Å². The first kappa shape index (κ1) is 14.9. The molecule has 6 heteroatoms. The van der Waals surface area contributed by atoms with Crippen molar-refractivity contribution >= 4 is 18.1 Å². The van der Waals surface area contributed by atoms with E-state index >= 15 is 0 Å². The van der Waals surface area contributed by atoms with Crippen LogP contribution in [0.1, 0.15) is 18.4 Å². The molecule has 2 rings (SSSR count). The molecule has 5 nitrogen and oxygen atoms in total. The van der Waals surface area contributed by atoms with Crippen molar-refractivity contribution in [1.29, 1.82) is 0 Å². The minimum Gasteiger partial charge on any atom is -0.329 e. The Bertz CT molecular complexity index is 414. The fourth-order valence-corrected chi connectivity index (χ4v) is 2.41. The largest absolute Gasteiger partial charge is 0.329 e. The van der Waals surface area contributed by atoms with Gasteiger partial charge in [0.05, 0.1) is 4.92 Å². The van der Waals surface area contributed by atoms with Crippen molar-refractivity contribution in [3.63, 3.8) is 0 Å². The smallest absolute Gasteiger partial charge is 0.273 e. The maximum atomic E-state index is 10.9. The van der Waals surface area contributed by atoms with E-state index in [1.807, 2.05) is 12.1 Å². The molecule has 1 aromatic carbocycles.